The maximum atomic E-state index is 5.79. The van der Waals surface area contributed by atoms with Crippen molar-refractivity contribution in [2.45, 2.75) is 12.8 Å². The summed E-state index contributed by atoms with van der Waals surface area (Å²) >= 11 is 0. The van der Waals surface area contributed by atoms with Gasteiger partial charge in [0.15, 0.2) is 11.5 Å². The molecule has 0 spiro atoms. The van der Waals surface area contributed by atoms with Crippen LogP contribution in [0.2, 0.25) is 0 Å². The largest absolute Gasteiger partial charge is 0.454 e. The van der Waals surface area contributed by atoms with E-state index in [-0.39, 0.29) is 6.79 Å². The van der Waals surface area contributed by atoms with E-state index in [0.29, 0.717) is 18.2 Å². The Labute approximate surface area is 142 Å². The van der Waals surface area contributed by atoms with Crippen LogP contribution in [0.5, 0.6) is 11.5 Å². The van der Waals surface area contributed by atoms with Crippen LogP contribution in [0, 0.1) is 0 Å². The van der Waals surface area contributed by atoms with Gasteiger partial charge >= 0.3 is 0 Å². The number of hydrogen-bond acceptors (Lipinski definition) is 6. The lowest BCUT2D eigenvalue weighted by Gasteiger charge is -2.01. The summed E-state index contributed by atoms with van der Waals surface area (Å²) < 4.78 is 16.5. The maximum Gasteiger partial charge on any atom is 0.247 e. The Morgan fingerprint density at radius 2 is 1.92 bits per heavy atom. The van der Waals surface area contributed by atoms with Crippen molar-refractivity contribution < 1.29 is 13.9 Å². The Morgan fingerprint density at radius 1 is 0.960 bits per heavy atom. The molecule has 124 valence electrons. The summed E-state index contributed by atoms with van der Waals surface area (Å²) in [6.45, 7) is 0.284. The Balaban J connectivity index is 1.32. The van der Waals surface area contributed by atoms with Gasteiger partial charge in [-0.3, -0.25) is 0 Å². The van der Waals surface area contributed by atoms with Crippen LogP contribution in [0.3, 0.4) is 0 Å². The molecule has 0 unspecified atom stereocenters. The zero-order chi connectivity index (χ0) is 16.6. The molecule has 1 aliphatic heterocycles. The highest BCUT2D eigenvalue weighted by Crippen LogP contribution is 2.32. The lowest BCUT2D eigenvalue weighted by atomic mass is 10.1. The minimum atomic E-state index is 0.284. The van der Waals surface area contributed by atoms with Crippen molar-refractivity contribution in [3.05, 3.63) is 54.2 Å². The van der Waals surface area contributed by atoms with Crippen molar-refractivity contribution >= 4 is 11.0 Å². The van der Waals surface area contributed by atoms with Gasteiger partial charge in [-0.25, -0.2) is 4.98 Å². The topological polar surface area (TPSA) is 86.1 Å². The van der Waals surface area contributed by atoms with E-state index >= 15 is 0 Å². The number of aromatic amines is 1. The molecule has 2 aromatic heterocycles. The second kappa shape index (κ2) is 5.62. The third kappa shape index (κ3) is 2.59. The van der Waals surface area contributed by atoms with Crippen LogP contribution in [-0.2, 0) is 12.8 Å². The number of aromatic nitrogens is 4. The van der Waals surface area contributed by atoms with E-state index in [4.69, 9.17) is 13.9 Å². The zero-order valence-electron chi connectivity index (χ0n) is 13.2. The van der Waals surface area contributed by atoms with E-state index in [0.717, 1.165) is 40.1 Å². The number of benzene rings is 2. The minimum Gasteiger partial charge on any atom is -0.454 e. The Kier molecular flexibility index (Phi) is 3.16. The molecule has 0 saturated heterocycles. The van der Waals surface area contributed by atoms with Gasteiger partial charge in [0.1, 0.15) is 0 Å². The van der Waals surface area contributed by atoms with Gasteiger partial charge in [0.05, 0.1) is 17.4 Å². The molecule has 2 aromatic carbocycles. The van der Waals surface area contributed by atoms with Crippen molar-refractivity contribution in [1.29, 1.82) is 0 Å². The first-order valence-corrected chi connectivity index (χ1v) is 7.99. The molecule has 0 saturated carbocycles. The first-order chi connectivity index (χ1) is 12.3. The molecule has 0 atom stereocenters. The van der Waals surface area contributed by atoms with Gasteiger partial charge in [-0.1, -0.05) is 6.07 Å². The molecule has 4 aromatic rings. The highest BCUT2D eigenvalue weighted by molar-refractivity contribution is 5.79. The predicted octanol–water partition coefficient (Wildman–Crippen LogP) is 3.13. The summed E-state index contributed by atoms with van der Waals surface area (Å²) in [5, 5.41) is 8.30. The van der Waals surface area contributed by atoms with Crippen molar-refractivity contribution in [2.24, 2.45) is 0 Å². The van der Waals surface area contributed by atoms with Gasteiger partial charge in [-0.15, -0.1) is 10.2 Å². The highest BCUT2D eigenvalue weighted by atomic mass is 16.7. The fourth-order valence-corrected chi connectivity index (χ4v) is 2.88. The molecule has 7 nitrogen and oxygen atoms in total. The zero-order valence-corrected chi connectivity index (χ0v) is 13.2. The van der Waals surface area contributed by atoms with Gasteiger partial charge in [0, 0.05) is 12.0 Å². The number of fused-ring (bicyclic) bond motifs is 2. The number of nitrogens with one attached hydrogen (secondary N) is 1. The first kappa shape index (κ1) is 14.0. The Hall–Kier alpha value is -3.35. The van der Waals surface area contributed by atoms with Crippen molar-refractivity contribution in [3.63, 3.8) is 0 Å². The number of ether oxygens (including phenoxy) is 2. The highest BCUT2D eigenvalue weighted by Gasteiger charge is 2.14. The molecule has 0 bridgehead atoms. The van der Waals surface area contributed by atoms with Crippen LogP contribution in [0.25, 0.3) is 22.5 Å². The lowest BCUT2D eigenvalue weighted by molar-refractivity contribution is 0.174. The number of imidazole rings is 1. The fraction of sp³-hybridized carbons (Fsp3) is 0.167. The molecule has 0 radical (unpaired) electrons. The summed E-state index contributed by atoms with van der Waals surface area (Å²) in [5.74, 6) is 2.69. The average molecular weight is 334 g/mol. The summed E-state index contributed by atoms with van der Waals surface area (Å²) in [6.07, 6.45) is 3.12. The molecule has 0 fully saturated rings. The third-order valence-corrected chi connectivity index (χ3v) is 4.20. The minimum absolute atomic E-state index is 0.284. The second-order valence-corrected chi connectivity index (χ2v) is 5.82. The van der Waals surface area contributed by atoms with Gasteiger partial charge in [0.2, 0.25) is 18.6 Å². The number of aryl methyl sites for hydroxylation is 2. The van der Waals surface area contributed by atoms with Crippen LogP contribution >= 0.6 is 0 Å². The van der Waals surface area contributed by atoms with Crippen LogP contribution in [0.4, 0.5) is 0 Å². The average Bonchev–Trinajstić information content (AvgIpc) is 3.38. The second-order valence-electron chi connectivity index (χ2n) is 5.82. The fourth-order valence-electron chi connectivity index (χ4n) is 2.88. The molecule has 3 heterocycles. The monoisotopic (exact) mass is 334 g/mol. The lowest BCUT2D eigenvalue weighted by Crippen LogP contribution is -1.93. The molecular weight excluding hydrogens is 320 g/mol. The van der Waals surface area contributed by atoms with E-state index in [9.17, 15) is 0 Å². The Morgan fingerprint density at radius 3 is 2.92 bits per heavy atom. The van der Waals surface area contributed by atoms with Crippen LogP contribution in [-0.4, -0.2) is 27.0 Å². The molecule has 25 heavy (non-hydrogen) atoms. The molecule has 1 N–H and O–H groups in total. The van der Waals surface area contributed by atoms with Crippen molar-refractivity contribution in [1.82, 2.24) is 20.2 Å². The number of hydrogen-bond donors (Lipinski definition) is 1. The summed E-state index contributed by atoms with van der Waals surface area (Å²) in [5.41, 5.74) is 3.85. The molecule has 1 aliphatic rings. The van der Waals surface area contributed by atoms with E-state index < -0.39 is 0 Å². The van der Waals surface area contributed by atoms with Crippen LogP contribution in [0.1, 0.15) is 11.5 Å². The summed E-state index contributed by atoms with van der Waals surface area (Å²) in [4.78, 5) is 7.31. The summed E-state index contributed by atoms with van der Waals surface area (Å²) in [6, 6.07) is 11.8. The van der Waals surface area contributed by atoms with Gasteiger partial charge in [0.25, 0.3) is 0 Å². The van der Waals surface area contributed by atoms with Crippen LogP contribution < -0.4 is 9.47 Å². The molecule has 0 aliphatic carbocycles. The molecule has 5 rings (SSSR count). The normalized spacial score (nSPS) is 12.8. The molecular formula is C18H14N4O3. The molecule has 7 heteroatoms. The third-order valence-electron chi connectivity index (χ3n) is 4.20. The van der Waals surface area contributed by atoms with Gasteiger partial charge in [-0.2, -0.15) is 0 Å². The van der Waals surface area contributed by atoms with Gasteiger partial charge < -0.3 is 18.9 Å². The number of rotatable bonds is 4. The molecule has 0 amide bonds. The maximum absolute atomic E-state index is 5.79. The van der Waals surface area contributed by atoms with E-state index in [2.05, 4.69) is 20.2 Å². The standard InChI is InChI=1S/C18H14N4O3/c1-5-15-16(24-10-23-15)7-11(1)2-6-17-21-22-18(25-17)12-3-4-13-14(8-12)20-9-19-13/h1,3-5,7-9H,2,6,10H2,(H,19,20). The van der Waals surface area contributed by atoms with Crippen molar-refractivity contribution in [3.8, 4) is 23.0 Å². The van der Waals surface area contributed by atoms with E-state index in [1.807, 2.05) is 36.4 Å². The summed E-state index contributed by atoms with van der Waals surface area (Å²) in [7, 11) is 0. The SMILES string of the molecule is c1nc2cc(-c3nnc(CCc4ccc5c(c4)OCO5)o3)ccc2[nH]1. The van der Waals surface area contributed by atoms with Crippen LogP contribution in [0.15, 0.2) is 47.1 Å². The number of nitrogens with zero attached hydrogens (tertiary/aromatic N) is 3. The first-order valence-electron chi connectivity index (χ1n) is 7.99. The van der Waals surface area contributed by atoms with E-state index in [1.54, 1.807) is 6.33 Å². The Bertz CT molecular complexity index is 1050. The number of H-pyrrole nitrogens is 1. The quantitative estimate of drug-likeness (QED) is 0.617. The smallest absolute Gasteiger partial charge is 0.247 e. The van der Waals surface area contributed by atoms with E-state index in [1.165, 1.54) is 0 Å². The van der Waals surface area contributed by atoms with Crippen molar-refractivity contribution in [2.75, 3.05) is 6.79 Å². The predicted molar refractivity (Wildman–Crippen MR) is 89.4 cm³/mol. The van der Waals surface area contributed by atoms with Gasteiger partial charge in [-0.05, 0) is 42.3 Å².